The number of thioether (sulfide) groups is 1. The lowest BCUT2D eigenvalue weighted by atomic mass is 10.1. The number of carbonyl (C=O) groups excluding carboxylic acids is 1. The molecule has 1 heterocycles. The van der Waals surface area contributed by atoms with Crippen LogP contribution in [0.1, 0.15) is 18.4 Å². The Morgan fingerprint density at radius 3 is 2.41 bits per heavy atom. The fourth-order valence-electron chi connectivity index (χ4n) is 2.11. The molecule has 1 aromatic carbocycles. The zero-order chi connectivity index (χ0) is 12.1. The van der Waals surface area contributed by atoms with Crippen molar-refractivity contribution in [3.63, 3.8) is 0 Å². The fraction of sp³-hybridized carbons (Fsp3) is 0.500. The van der Waals surface area contributed by atoms with Crippen molar-refractivity contribution in [1.82, 2.24) is 4.90 Å². The van der Waals surface area contributed by atoms with Gasteiger partial charge in [0.1, 0.15) is 5.78 Å². The molecule has 0 atom stereocenters. The van der Waals surface area contributed by atoms with E-state index in [2.05, 4.69) is 35.4 Å². The van der Waals surface area contributed by atoms with Gasteiger partial charge in [-0.05, 0) is 30.4 Å². The molecular weight excluding hydrogens is 230 g/mol. The number of piperidine rings is 1. The van der Waals surface area contributed by atoms with Gasteiger partial charge in [-0.25, -0.2) is 0 Å². The SMILES string of the molecule is CSc1ccc(CCN2CCC(=O)CC2)cc1. The molecule has 0 aliphatic carbocycles. The Morgan fingerprint density at radius 2 is 1.82 bits per heavy atom. The first-order chi connectivity index (χ1) is 8.28. The lowest BCUT2D eigenvalue weighted by Gasteiger charge is -2.25. The zero-order valence-corrected chi connectivity index (χ0v) is 11.1. The van der Waals surface area contributed by atoms with Crippen LogP contribution in [0, 0.1) is 0 Å². The van der Waals surface area contributed by atoms with Crippen LogP contribution in [-0.4, -0.2) is 36.6 Å². The first-order valence-corrected chi connectivity index (χ1v) is 7.37. The van der Waals surface area contributed by atoms with E-state index in [1.807, 2.05) is 0 Å². The van der Waals surface area contributed by atoms with Gasteiger partial charge in [0.2, 0.25) is 0 Å². The van der Waals surface area contributed by atoms with Gasteiger partial charge in [-0.3, -0.25) is 4.79 Å². The highest BCUT2D eigenvalue weighted by Crippen LogP contribution is 2.15. The Balaban J connectivity index is 1.79. The zero-order valence-electron chi connectivity index (χ0n) is 10.3. The van der Waals surface area contributed by atoms with Crippen molar-refractivity contribution < 1.29 is 4.79 Å². The molecule has 0 N–H and O–H groups in total. The van der Waals surface area contributed by atoms with E-state index in [1.54, 1.807) is 11.8 Å². The van der Waals surface area contributed by atoms with Gasteiger partial charge >= 0.3 is 0 Å². The average Bonchev–Trinajstić information content (AvgIpc) is 2.39. The quantitative estimate of drug-likeness (QED) is 0.765. The average molecular weight is 249 g/mol. The topological polar surface area (TPSA) is 20.3 Å². The standard InChI is InChI=1S/C14H19NOS/c1-17-14-4-2-12(3-5-14)6-9-15-10-7-13(16)8-11-15/h2-5H,6-11H2,1H3. The van der Waals surface area contributed by atoms with Gasteiger partial charge in [-0.1, -0.05) is 12.1 Å². The molecule has 0 spiro atoms. The lowest BCUT2D eigenvalue weighted by molar-refractivity contribution is -0.121. The van der Waals surface area contributed by atoms with Gasteiger partial charge in [-0.15, -0.1) is 11.8 Å². The Kier molecular flexibility index (Phi) is 4.63. The molecule has 2 nitrogen and oxygen atoms in total. The normalized spacial score (nSPS) is 17.4. The summed E-state index contributed by atoms with van der Waals surface area (Å²) >= 11 is 1.78. The molecule has 1 aromatic rings. The molecule has 1 fully saturated rings. The third-order valence-corrected chi connectivity index (χ3v) is 4.03. The number of hydrogen-bond acceptors (Lipinski definition) is 3. The van der Waals surface area contributed by atoms with Crippen LogP contribution in [0.4, 0.5) is 0 Å². The van der Waals surface area contributed by atoms with Crippen molar-refractivity contribution >= 4 is 17.5 Å². The predicted octanol–water partition coefficient (Wildman–Crippen LogP) is 2.62. The maximum Gasteiger partial charge on any atom is 0.135 e. The van der Waals surface area contributed by atoms with Crippen LogP contribution in [0.25, 0.3) is 0 Å². The minimum Gasteiger partial charge on any atom is -0.302 e. The van der Waals surface area contributed by atoms with Crippen molar-refractivity contribution in [1.29, 1.82) is 0 Å². The van der Waals surface area contributed by atoms with E-state index in [9.17, 15) is 4.79 Å². The van der Waals surface area contributed by atoms with Gasteiger partial charge in [0.05, 0.1) is 0 Å². The van der Waals surface area contributed by atoms with Crippen LogP contribution in [-0.2, 0) is 11.2 Å². The summed E-state index contributed by atoms with van der Waals surface area (Å²) in [5.41, 5.74) is 1.39. The highest BCUT2D eigenvalue weighted by atomic mass is 32.2. The highest BCUT2D eigenvalue weighted by molar-refractivity contribution is 7.98. The second-order valence-corrected chi connectivity index (χ2v) is 5.36. The number of likely N-dealkylation sites (tertiary alicyclic amines) is 1. The summed E-state index contributed by atoms with van der Waals surface area (Å²) in [6, 6.07) is 8.78. The molecule has 0 saturated carbocycles. The third kappa shape index (κ3) is 3.86. The number of hydrogen-bond donors (Lipinski definition) is 0. The molecule has 0 aromatic heterocycles. The number of nitrogens with zero attached hydrogens (tertiary/aromatic N) is 1. The first kappa shape index (κ1) is 12.7. The summed E-state index contributed by atoms with van der Waals surface area (Å²) in [7, 11) is 0. The van der Waals surface area contributed by atoms with Crippen molar-refractivity contribution in [2.24, 2.45) is 0 Å². The molecular formula is C14H19NOS. The Morgan fingerprint density at radius 1 is 1.18 bits per heavy atom. The Hall–Kier alpha value is -0.800. The summed E-state index contributed by atoms with van der Waals surface area (Å²) in [4.78, 5) is 14.8. The molecule has 0 radical (unpaired) electrons. The van der Waals surface area contributed by atoms with Crippen molar-refractivity contribution in [2.45, 2.75) is 24.2 Å². The van der Waals surface area contributed by atoms with Crippen LogP contribution in [0.5, 0.6) is 0 Å². The van der Waals surface area contributed by atoms with Crippen LogP contribution >= 0.6 is 11.8 Å². The van der Waals surface area contributed by atoms with E-state index in [-0.39, 0.29) is 0 Å². The molecule has 1 saturated heterocycles. The molecule has 2 rings (SSSR count). The van der Waals surface area contributed by atoms with Gasteiger partial charge in [-0.2, -0.15) is 0 Å². The van der Waals surface area contributed by atoms with E-state index in [0.29, 0.717) is 5.78 Å². The van der Waals surface area contributed by atoms with E-state index in [0.717, 1.165) is 38.9 Å². The maximum atomic E-state index is 11.1. The number of Topliss-reactive ketones (excluding diaryl/α,β-unsaturated/α-hetero) is 1. The summed E-state index contributed by atoms with van der Waals surface area (Å²) in [5.74, 6) is 0.422. The van der Waals surface area contributed by atoms with Crippen LogP contribution in [0.3, 0.4) is 0 Å². The van der Waals surface area contributed by atoms with Crippen molar-refractivity contribution in [3.8, 4) is 0 Å². The summed E-state index contributed by atoms with van der Waals surface area (Å²) in [6.45, 7) is 2.97. The third-order valence-electron chi connectivity index (χ3n) is 3.29. The second kappa shape index (κ2) is 6.22. The second-order valence-electron chi connectivity index (χ2n) is 4.48. The van der Waals surface area contributed by atoms with Gasteiger partial charge in [0.15, 0.2) is 0 Å². The van der Waals surface area contributed by atoms with E-state index < -0.39 is 0 Å². The largest absolute Gasteiger partial charge is 0.302 e. The highest BCUT2D eigenvalue weighted by Gasteiger charge is 2.15. The molecule has 0 amide bonds. The number of rotatable bonds is 4. The molecule has 17 heavy (non-hydrogen) atoms. The molecule has 1 aliphatic rings. The molecule has 92 valence electrons. The Bertz CT molecular complexity index is 364. The van der Waals surface area contributed by atoms with Crippen molar-refractivity contribution in [2.75, 3.05) is 25.9 Å². The van der Waals surface area contributed by atoms with Crippen LogP contribution in [0.2, 0.25) is 0 Å². The van der Waals surface area contributed by atoms with Gasteiger partial charge in [0.25, 0.3) is 0 Å². The van der Waals surface area contributed by atoms with E-state index in [1.165, 1.54) is 10.5 Å². The van der Waals surface area contributed by atoms with E-state index in [4.69, 9.17) is 0 Å². The minimum atomic E-state index is 0.422. The lowest BCUT2D eigenvalue weighted by Crippen LogP contribution is -2.35. The number of carbonyl (C=O) groups is 1. The maximum absolute atomic E-state index is 11.1. The minimum absolute atomic E-state index is 0.422. The first-order valence-electron chi connectivity index (χ1n) is 6.15. The smallest absolute Gasteiger partial charge is 0.135 e. The summed E-state index contributed by atoms with van der Waals surface area (Å²) in [5, 5.41) is 0. The Labute approximate surface area is 107 Å². The van der Waals surface area contributed by atoms with Gasteiger partial charge < -0.3 is 4.90 Å². The predicted molar refractivity (Wildman–Crippen MR) is 72.6 cm³/mol. The molecule has 0 bridgehead atoms. The fourth-order valence-corrected chi connectivity index (χ4v) is 2.51. The van der Waals surface area contributed by atoms with Crippen molar-refractivity contribution in [3.05, 3.63) is 29.8 Å². The van der Waals surface area contributed by atoms with Crippen LogP contribution in [0.15, 0.2) is 29.2 Å². The van der Waals surface area contributed by atoms with Crippen LogP contribution < -0.4 is 0 Å². The number of benzene rings is 1. The molecule has 0 unspecified atom stereocenters. The van der Waals surface area contributed by atoms with Gasteiger partial charge in [0, 0.05) is 37.4 Å². The summed E-state index contributed by atoms with van der Waals surface area (Å²) < 4.78 is 0. The molecule has 1 aliphatic heterocycles. The number of ketones is 1. The van der Waals surface area contributed by atoms with E-state index >= 15 is 0 Å². The molecule has 3 heteroatoms. The summed E-state index contributed by atoms with van der Waals surface area (Å²) in [6.07, 6.45) is 4.67. The monoisotopic (exact) mass is 249 g/mol.